The highest BCUT2D eigenvalue weighted by atomic mass is 32.1. The van der Waals surface area contributed by atoms with Gasteiger partial charge in [-0.2, -0.15) is 5.10 Å². The number of carbonyl (C=O) groups is 1. The van der Waals surface area contributed by atoms with Crippen LogP contribution < -0.4 is 5.32 Å². The second kappa shape index (κ2) is 7.19. The first kappa shape index (κ1) is 15.4. The van der Waals surface area contributed by atoms with Crippen LogP contribution in [-0.4, -0.2) is 20.7 Å². The lowest BCUT2D eigenvalue weighted by molar-refractivity contribution is -0.120. The number of carbonyl (C=O) groups excluding carboxylic acids is 1. The van der Waals surface area contributed by atoms with Crippen LogP contribution in [0.1, 0.15) is 21.8 Å². The molecule has 2 heterocycles. The minimum Gasteiger partial charge on any atom is -0.352 e. The molecule has 6 heteroatoms. The summed E-state index contributed by atoms with van der Waals surface area (Å²) in [6.45, 7) is 3.15. The average molecular weight is 326 g/mol. The molecule has 23 heavy (non-hydrogen) atoms. The van der Waals surface area contributed by atoms with E-state index in [9.17, 15) is 4.79 Å². The highest BCUT2D eigenvalue weighted by molar-refractivity contribution is 7.09. The smallest absolute Gasteiger partial charge is 0.226 e. The van der Waals surface area contributed by atoms with E-state index in [1.807, 2.05) is 47.4 Å². The number of hydrogen-bond acceptors (Lipinski definition) is 4. The molecule has 0 aliphatic heterocycles. The van der Waals surface area contributed by atoms with E-state index in [0.29, 0.717) is 19.5 Å². The molecule has 2 aromatic heterocycles. The Balaban J connectivity index is 1.60. The summed E-state index contributed by atoms with van der Waals surface area (Å²) >= 11 is 1.56. The molecule has 0 aliphatic rings. The Morgan fingerprint density at radius 3 is 2.78 bits per heavy atom. The van der Waals surface area contributed by atoms with Gasteiger partial charge in [0.25, 0.3) is 0 Å². The van der Waals surface area contributed by atoms with Crippen molar-refractivity contribution >= 4 is 17.2 Å². The van der Waals surface area contributed by atoms with Crippen LogP contribution in [0.5, 0.6) is 0 Å². The number of nitrogens with zero attached hydrogens (tertiary/aromatic N) is 3. The SMILES string of the molecule is Cc1nc(CC(=O)NCc2ccccc2Cn2cccn2)cs1. The summed E-state index contributed by atoms with van der Waals surface area (Å²) in [5.41, 5.74) is 3.08. The number of hydrogen-bond donors (Lipinski definition) is 1. The van der Waals surface area contributed by atoms with E-state index in [0.717, 1.165) is 21.8 Å². The molecule has 0 saturated carbocycles. The molecule has 0 fully saturated rings. The molecule has 1 aromatic carbocycles. The van der Waals surface area contributed by atoms with E-state index in [1.165, 1.54) is 0 Å². The fourth-order valence-corrected chi connectivity index (χ4v) is 2.98. The Morgan fingerprint density at radius 2 is 2.09 bits per heavy atom. The summed E-state index contributed by atoms with van der Waals surface area (Å²) in [4.78, 5) is 16.4. The van der Waals surface area contributed by atoms with Gasteiger partial charge in [-0.05, 0) is 24.1 Å². The molecule has 0 bridgehead atoms. The van der Waals surface area contributed by atoms with Gasteiger partial charge in [-0.25, -0.2) is 4.98 Å². The standard InChI is InChI=1S/C17H18N4OS/c1-13-20-16(12-23-13)9-17(22)18-10-14-5-2-3-6-15(14)11-21-8-4-7-19-21/h2-8,12H,9-11H2,1H3,(H,18,22). The number of thiazole rings is 1. The van der Waals surface area contributed by atoms with Crippen LogP contribution in [0.2, 0.25) is 0 Å². The van der Waals surface area contributed by atoms with Crippen LogP contribution in [0, 0.1) is 6.92 Å². The van der Waals surface area contributed by atoms with Crippen molar-refractivity contribution in [3.05, 3.63) is 69.9 Å². The zero-order chi connectivity index (χ0) is 16.1. The molecule has 0 saturated heterocycles. The summed E-state index contributed by atoms with van der Waals surface area (Å²) in [5.74, 6) is -0.0100. The van der Waals surface area contributed by atoms with Crippen molar-refractivity contribution in [2.24, 2.45) is 0 Å². The fraction of sp³-hybridized carbons (Fsp3) is 0.235. The number of rotatable bonds is 6. The Kier molecular flexibility index (Phi) is 4.83. The zero-order valence-corrected chi connectivity index (χ0v) is 13.7. The van der Waals surface area contributed by atoms with Gasteiger partial charge in [-0.15, -0.1) is 11.3 Å². The quantitative estimate of drug-likeness (QED) is 0.757. The maximum absolute atomic E-state index is 12.1. The molecule has 118 valence electrons. The van der Waals surface area contributed by atoms with Crippen LogP contribution in [0.25, 0.3) is 0 Å². The fourth-order valence-electron chi connectivity index (χ4n) is 2.36. The molecule has 3 rings (SSSR count). The van der Waals surface area contributed by atoms with Gasteiger partial charge in [-0.1, -0.05) is 24.3 Å². The lowest BCUT2D eigenvalue weighted by atomic mass is 10.1. The highest BCUT2D eigenvalue weighted by Gasteiger charge is 2.08. The van der Waals surface area contributed by atoms with Gasteiger partial charge in [0.2, 0.25) is 5.91 Å². The van der Waals surface area contributed by atoms with E-state index in [4.69, 9.17) is 0 Å². The van der Waals surface area contributed by atoms with E-state index < -0.39 is 0 Å². The van der Waals surface area contributed by atoms with Crippen LogP contribution in [-0.2, 0) is 24.3 Å². The maximum Gasteiger partial charge on any atom is 0.226 e. The minimum absolute atomic E-state index is 0.0100. The number of aromatic nitrogens is 3. The van der Waals surface area contributed by atoms with Gasteiger partial charge >= 0.3 is 0 Å². The third-order valence-corrected chi connectivity index (χ3v) is 4.32. The summed E-state index contributed by atoms with van der Waals surface area (Å²) in [5, 5.41) is 10.1. The second-order valence-corrected chi connectivity index (χ2v) is 6.35. The first-order chi connectivity index (χ1) is 11.2. The van der Waals surface area contributed by atoms with Crippen molar-refractivity contribution in [1.82, 2.24) is 20.1 Å². The number of benzene rings is 1. The number of aryl methyl sites for hydroxylation is 1. The molecule has 3 aromatic rings. The maximum atomic E-state index is 12.1. The van der Waals surface area contributed by atoms with Crippen molar-refractivity contribution in [3.63, 3.8) is 0 Å². The Morgan fingerprint density at radius 1 is 1.26 bits per heavy atom. The van der Waals surface area contributed by atoms with Crippen LogP contribution >= 0.6 is 11.3 Å². The Hall–Kier alpha value is -2.47. The van der Waals surface area contributed by atoms with Crippen LogP contribution in [0.15, 0.2) is 48.1 Å². The topological polar surface area (TPSA) is 59.8 Å². The lowest BCUT2D eigenvalue weighted by Gasteiger charge is -2.10. The summed E-state index contributed by atoms with van der Waals surface area (Å²) in [7, 11) is 0. The van der Waals surface area contributed by atoms with Gasteiger partial charge in [0.15, 0.2) is 0 Å². The molecule has 0 unspecified atom stereocenters. The summed E-state index contributed by atoms with van der Waals surface area (Å²) in [6.07, 6.45) is 4.02. The molecule has 1 amide bonds. The predicted molar refractivity (Wildman–Crippen MR) is 90.2 cm³/mol. The van der Waals surface area contributed by atoms with Gasteiger partial charge in [-0.3, -0.25) is 9.48 Å². The monoisotopic (exact) mass is 326 g/mol. The molecule has 0 aliphatic carbocycles. The van der Waals surface area contributed by atoms with Gasteiger partial charge in [0.05, 0.1) is 23.7 Å². The van der Waals surface area contributed by atoms with Gasteiger partial charge in [0.1, 0.15) is 0 Å². The molecular formula is C17H18N4OS. The van der Waals surface area contributed by atoms with Crippen molar-refractivity contribution in [2.45, 2.75) is 26.4 Å². The van der Waals surface area contributed by atoms with Gasteiger partial charge < -0.3 is 5.32 Å². The number of amides is 1. The van der Waals surface area contributed by atoms with Crippen molar-refractivity contribution in [1.29, 1.82) is 0 Å². The minimum atomic E-state index is -0.0100. The summed E-state index contributed by atoms with van der Waals surface area (Å²) in [6, 6.07) is 9.99. The molecule has 0 spiro atoms. The first-order valence-electron chi connectivity index (χ1n) is 7.42. The van der Waals surface area contributed by atoms with E-state index in [-0.39, 0.29) is 5.91 Å². The molecule has 0 atom stereocenters. The summed E-state index contributed by atoms with van der Waals surface area (Å²) < 4.78 is 1.87. The average Bonchev–Trinajstić information content (AvgIpc) is 3.18. The molecular weight excluding hydrogens is 308 g/mol. The van der Waals surface area contributed by atoms with Crippen LogP contribution in [0.3, 0.4) is 0 Å². The third-order valence-electron chi connectivity index (χ3n) is 3.49. The predicted octanol–water partition coefficient (Wildman–Crippen LogP) is 2.56. The van der Waals surface area contributed by atoms with Crippen molar-refractivity contribution in [2.75, 3.05) is 0 Å². The van der Waals surface area contributed by atoms with E-state index in [1.54, 1.807) is 17.5 Å². The first-order valence-corrected chi connectivity index (χ1v) is 8.30. The molecule has 5 nitrogen and oxygen atoms in total. The molecule has 0 radical (unpaired) electrons. The number of nitrogens with one attached hydrogen (secondary N) is 1. The lowest BCUT2D eigenvalue weighted by Crippen LogP contribution is -2.25. The zero-order valence-electron chi connectivity index (χ0n) is 12.9. The van der Waals surface area contributed by atoms with Crippen molar-refractivity contribution < 1.29 is 4.79 Å². The highest BCUT2D eigenvalue weighted by Crippen LogP contribution is 2.11. The van der Waals surface area contributed by atoms with E-state index in [2.05, 4.69) is 21.5 Å². The van der Waals surface area contributed by atoms with Gasteiger partial charge in [0, 0.05) is 24.3 Å². The largest absolute Gasteiger partial charge is 0.352 e. The normalized spacial score (nSPS) is 10.7. The van der Waals surface area contributed by atoms with Crippen molar-refractivity contribution in [3.8, 4) is 0 Å². The van der Waals surface area contributed by atoms with E-state index >= 15 is 0 Å². The Bertz CT molecular complexity index is 780. The van der Waals surface area contributed by atoms with Crippen LogP contribution in [0.4, 0.5) is 0 Å². The second-order valence-electron chi connectivity index (χ2n) is 5.28. The Labute approximate surface area is 139 Å². The molecule has 1 N–H and O–H groups in total. The third kappa shape index (κ3) is 4.26.